The molecule has 0 radical (unpaired) electrons. The summed E-state index contributed by atoms with van der Waals surface area (Å²) in [5, 5.41) is 0. The highest BCUT2D eigenvalue weighted by Crippen LogP contribution is 2.26. The van der Waals surface area contributed by atoms with Crippen molar-refractivity contribution in [2.24, 2.45) is 0 Å². The molecule has 3 aromatic rings. The second-order valence-corrected chi connectivity index (χ2v) is 12.5. The molecule has 46 heavy (non-hydrogen) atoms. The van der Waals surface area contributed by atoms with E-state index in [1.165, 1.54) is 83.5 Å². The van der Waals surface area contributed by atoms with Crippen LogP contribution in [0.5, 0.6) is 11.5 Å². The van der Waals surface area contributed by atoms with Gasteiger partial charge in [0, 0.05) is 12.3 Å². The van der Waals surface area contributed by atoms with Crippen LogP contribution in [0.25, 0.3) is 11.1 Å². The molecule has 4 heteroatoms. The monoisotopic (exact) mass is 620 g/mol. The van der Waals surface area contributed by atoms with Crippen LogP contribution in [0.2, 0.25) is 0 Å². The lowest BCUT2D eigenvalue weighted by molar-refractivity contribution is -0.134. The molecule has 0 fully saturated rings. The largest absolute Gasteiger partial charge is 0.427 e. The average Bonchev–Trinajstić information content (AvgIpc) is 3.63. The Bertz CT molecular complexity index is 1350. The molecule has 244 valence electrons. The average molecular weight is 621 g/mol. The van der Waals surface area contributed by atoms with Gasteiger partial charge in [-0.15, -0.1) is 0 Å². The van der Waals surface area contributed by atoms with E-state index in [2.05, 4.69) is 19.1 Å². The molecule has 0 aliphatic heterocycles. The molecule has 0 saturated carbocycles. The lowest BCUT2D eigenvalue weighted by Crippen LogP contribution is -2.08. The smallest absolute Gasteiger partial charge is 0.343 e. The number of ether oxygens (including phenoxy) is 2. The summed E-state index contributed by atoms with van der Waals surface area (Å²) in [5.74, 6) is 0.764. The fourth-order valence-electron chi connectivity index (χ4n) is 5.92. The third-order valence-corrected chi connectivity index (χ3v) is 8.75. The highest BCUT2D eigenvalue weighted by atomic mass is 16.5. The van der Waals surface area contributed by atoms with Crippen LogP contribution in [-0.2, 0) is 4.79 Å². The highest BCUT2D eigenvalue weighted by Gasteiger charge is 2.12. The third kappa shape index (κ3) is 12.5. The summed E-state index contributed by atoms with van der Waals surface area (Å²) in [6, 6.07) is 22.5. The second-order valence-electron chi connectivity index (χ2n) is 12.5. The van der Waals surface area contributed by atoms with E-state index < -0.39 is 0 Å². The van der Waals surface area contributed by atoms with Crippen molar-refractivity contribution in [3.05, 3.63) is 108 Å². The Balaban J connectivity index is 1.06. The molecular weight excluding hydrogens is 568 g/mol. The van der Waals surface area contributed by atoms with Gasteiger partial charge in [0.2, 0.25) is 0 Å². The minimum absolute atomic E-state index is 0.171. The van der Waals surface area contributed by atoms with Gasteiger partial charge in [0.15, 0.2) is 0 Å². The number of esters is 2. The normalized spacial score (nSPS) is 12.5. The van der Waals surface area contributed by atoms with Gasteiger partial charge in [-0.2, -0.15) is 0 Å². The van der Waals surface area contributed by atoms with E-state index in [0.29, 0.717) is 23.5 Å². The summed E-state index contributed by atoms with van der Waals surface area (Å²) in [4.78, 5) is 25.0. The zero-order valence-electron chi connectivity index (χ0n) is 27.8. The first-order valence-corrected chi connectivity index (χ1v) is 17.7. The van der Waals surface area contributed by atoms with Crippen LogP contribution in [-0.4, -0.2) is 11.9 Å². The number of allylic oxidation sites excluding steroid dienone is 4. The number of hydrogen-bond donors (Lipinski definition) is 0. The standard InChI is InChI=1S/C42H52O4/c1-2-3-4-5-6-7-8-9-10-11-12-13-14-15-16-21-41(43)45-39-30-26-36(27-31-39)37-28-32-40(33-29-37)46-42(44)38-24-22-35(23-25-38)34-19-17-18-20-34/h17-20,22-34H,2-16,21H2,1H3. The molecular formula is C42H52O4. The topological polar surface area (TPSA) is 52.6 Å². The van der Waals surface area contributed by atoms with Gasteiger partial charge in [0.1, 0.15) is 11.5 Å². The molecule has 0 atom stereocenters. The van der Waals surface area contributed by atoms with Crippen LogP contribution >= 0.6 is 0 Å². The molecule has 3 aromatic carbocycles. The Morgan fingerprint density at radius 1 is 0.522 bits per heavy atom. The molecule has 0 spiro atoms. The van der Waals surface area contributed by atoms with Gasteiger partial charge in [-0.25, -0.2) is 4.79 Å². The molecule has 0 amide bonds. The Morgan fingerprint density at radius 3 is 1.43 bits per heavy atom. The van der Waals surface area contributed by atoms with Gasteiger partial charge in [0.05, 0.1) is 5.56 Å². The summed E-state index contributed by atoms with van der Waals surface area (Å²) in [6.45, 7) is 2.27. The fourth-order valence-corrected chi connectivity index (χ4v) is 5.92. The SMILES string of the molecule is CCCCCCCCCCCCCCCCCC(=O)Oc1ccc(-c2ccc(OC(=O)c3ccc(C4C=CC=C4)cc3)cc2)cc1. The van der Waals surface area contributed by atoms with Crippen molar-refractivity contribution in [1.82, 2.24) is 0 Å². The summed E-state index contributed by atoms with van der Waals surface area (Å²) in [5.41, 5.74) is 3.64. The van der Waals surface area contributed by atoms with Crippen molar-refractivity contribution < 1.29 is 19.1 Å². The first-order valence-electron chi connectivity index (χ1n) is 17.7. The summed E-state index contributed by atoms with van der Waals surface area (Å²) in [6.07, 6.45) is 28.4. The van der Waals surface area contributed by atoms with E-state index >= 15 is 0 Å². The highest BCUT2D eigenvalue weighted by molar-refractivity contribution is 5.91. The van der Waals surface area contributed by atoms with Gasteiger partial charge < -0.3 is 9.47 Å². The van der Waals surface area contributed by atoms with Crippen LogP contribution in [0.15, 0.2) is 97.1 Å². The number of rotatable bonds is 21. The number of carbonyl (C=O) groups excluding carboxylic acids is 2. The maximum absolute atomic E-state index is 12.6. The minimum Gasteiger partial charge on any atom is -0.427 e. The Hall–Kier alpha value is -3.92. The fraction of sp³-hybridized carbons (Fsp3) is 0.429. The van der Waals surface area contributed by atoms with E-state index in [9.17, 15) is 9.59 Å². The first kappa shape index (κ1) is 34.9. The van der Waals surface area contributed by atoms with Gasteiger partial charge in [-0.05, 0) is 59.5 Å². The summed E-state index contributed by atoms with van der Waals surface area (Å²) in [7, 11) is 0. The zero-order chi connectivity index (χ0) is 32.2. The summed E-state index contributed by atoms with van der Waals surface area (Å²) >= 11 is 0. The molecule has 0 saturated heterocycles. The lowest BCUT2D eigenvalue weighted by atomic mass is 10.00. The maximum Gasteiger partial charge on any atom is 0.343 e. The lowest BCUT2D eigenvalue weighted by Gasteiger charge is -2.09. The van der Waals surface area contributed by atoms with E-state index in [-0.39, 0.29) is 17.9 Å². The van der Waals surface area contributed by atoms with Crippen LogP contribution in [0, 0.1) is 0 Å². The molecule has 0 unspecified atom stereocenters. The predicted octanol–water partition coefficient (Wildman–Crippen LogP) is 11.9. The van der Waals surface area contributed by atoms with Crippen molar-refractivity contribution in [3.63, 3.8) is 0 Å². The molecule has 4 nitrogen and oxygen atoms in total. The second kappa shape index (κ2) is 20.3. The Morgan fingerprint density at radius 2 is 0.957 bits per heavy atom. The van der Waals surface area contributed by atoms with E-state index in [1.807, 2.05) is 60.7 Å². The molecule has 1 aliphatic rings. The third-order valence-electron chi connectivity index (χ3n) is 8.75. The molecule has 4 rings (SSSR count). The van der Waals surface area contributed by atoms with Gasteiger partial charge >= 0.3 is 11.9 Å². The van der Waals surface area contributed by atoms with E-state index in [1.54, 1.807) is 24.3 Å². The van der Waals surface area contributed by atoms with E-state index in [4.69, 9.17) is 9.47 Å². The maximum atomic E-state index is 12.6. The molecule has 0 heterocycles. The van der Waals surface area contributed by atoms with Crippen LogP contribution in [0.1, 0.15) is 131 Å². The molecule has 0 aromatic heterocycles. The molecule has 1 aliphatic carbocycles. The number of hydrogen-bond acceptors (Lipinski definition) is 4. The van der Waals surface area contributed by atoms with E-state index in [0.717, 1.165) is 29.5 Å². The van der Waals surface area contributed by atoms with Crippen LogP contribution in [0.4, 0.5) is 0 Å². The quantitative estimate of drug-likeness (QED) is 0.0675. The first-order chi connectivity index (χ1) is 22.6. The van der Waals surface area contributed by atoms with Crippen LogP contribution < -0.4 is 9.47 Å². The van der Waals surface area contributed by atoms with Crippen LogP contribution in [0.3, 0.4) is 0 Å². The van der Waals surface area contributed by atoms with Crippen molar-refractivity contribution in [1.29, 1.82) is 0 Å². The number of unbranched alkanes of at least 4 members (excludes halogenated alkanes) is 14. The van der Waals surface area contributed by atoms with Gasteiger partial charge in [-0.3, -0.25) is 4.79 Å². The minimum atomic E-state index is -0.382. The van der Waals surface area contributed by atoms with Crippen molar-refractivity contribution in [2.45, 2.75) is 116 Å². The Kier molecular flexibility index (Phi) is 15.4. The van der Waals surface area contributed by atoms with Crippen molar-refractivity contribution in [3.8, 4) is 22.6 Å². The summed E-state index contributed by atoms with van der Waals surface area (Å²) < 4.78 is 11.2. The predicted molar refractivity (Wildman–Crippen MR) is 189 cm³/mol. The van der Waals surface area contributed by atoms with Gasteiger partial charge in [-0.1, -0.05) is 158 Å². The molecule has 0 bridgehead atoms. The Labute approximate surface area is 276 Å². The number of carbonyl (C=O) groups is 2. The number of benzene rings is 3. The molecule has 0 N–H and O–H groups in total. The van der Waals surface area contributed by atoms with Gasteiger partial charge in [0.25, 0.3) is 0 Å². The zero-order valence-corrected chi connectivity index (χ0v) is 27.8. The van der Waals surface area contributed by atoms with Crippen molar-refractivity contribution in [2.75, 3.05) is 0 Å². The van der Waals surface area contributed by atoms with Crippen molar-refractivity contribution >= 4 is 11.9 Å².